The number of carbonyl (C=O) groups excluding carboxylic acids is 2. The van der Waals surface area contributed by atoms with Crippen molar-refractivity contribution in [2.24, 2.45) is 0 Å². The van der Waals surface area contributed by atoms with Crippen LogP contribution in [0.2, 0.25) is 0 Å². The number of hydrogen-bond donors (Lipinski definition) is 2. The summed E-state index contributed by atoms with van der Waals surface area (Å²) in [5.74, 6) is -0.449. The van der Waals surface area contributed by atoms with Crippen molar-refractivity contribution in [1.82, 2.24) is 14.8 Å². The van der Waals surface area contributed by atoms with E-state index in [0.717, 1.165) is 4.90 Å². The Labute approximate surface area is 182 Å². The molecule has 3 aromatic rings. The second kappa shape index (κ2) is 9.85. The number of nitrogens with one attached hydrogen (secondary N) is 2. The lowest BCUT2D eigenvalue weighted by atomic mass is 10.2. The van der Waals surface area contributed by atoms with Gasteiger partial charge >= 0.3 is 0 Å². The molecule has 31 heavy (non-hydrogen) atoms. The summed E-state index contributed by atoms with van der Waals surface area (Å²) in [4.78, 5) is 39.6. The molecular weight excluding hydrogens is 420 g/mol. The van der Waals surface area contributed by atoms with Gasteiger partial charge in [-0.15, -0.1) is 11.8 Å². The Hall–Kier alpha value is -3.73. The van der Waals surface area contributed by atoms with Gasteiger partial charge in [-0.05, 0) is 50.2 Å². The van der Waals surface area contributed by atoms with E-state index in [2.05, 4.69) is 20.7 Å². The first-order chi connectivity index (χ1) is 14.8. The van der Waals surface area contributed by atoms with E-state index in [1.807, 2.05) is 0 Å². The smallest absolute Gasteiger partial charge is 0.269 e. The Morgan fingerprint density at radius 2 is 1.58 bits per heavy atom. The van der Waals surface area contributed by atoms with Crippen LogP contribution in [-0.4, -0.2) is 36.8 Å². The first kappa shape index (κ1) is 22.0. The second-order valence-corrected chi connectivity index (χ2v) is 8.03. The molecule has 1 aromatic heterocycles. The van der Waals surface area contributed by atoms with Crippen molar-refractivity contribution >= 4 is 40.6 Å². The van der Waals surface area contributed by atoms with Gasteiger partial charge in [0.1, 0.15) is 18.7 Å². The number of hydrogen-bond acceptors (Lipinski definition) is 7. The van der Waals surface area contributed by atoms with Gasteiger partial charge in [-0.3, -0.25) is 19.7 Å². The van der Waals surface area contributed by atoms with Crippen molar-refractivity contribution in [2.75, 3.05) is 10.6 Å². The molecule has 2 atom stereocenters. The van der Waals surface area contributed by atoms with Crippen molar-refractivity contribution in [3.63, 3.8) is 0 Å². The highest BCUT2D eigenvalue weighted by molar-refractivity contribution is 8.00. The Bertz CT molecular complexity index is 1050. The van der Waals surface area contributed by atoms with Gasteiger partial charge in [-0.25, -0.2) is 9.67 Å². The summed E-state index contributed by atoms with van der Waals surface area (Å²) in [6.07, 6.45) is 2.83. The fourth-order valence-electron chi connectivity index (χ4n) is 2.57. The van der Waals surface area contributed by atoms with E-state index in [0.29, 0.717) is 11.4 Å². The predicted octanol–water partition coefficient (Wildman–Crippen LogP) is 3.51. The molecule has 0 saturated carbocycles. The number of rotatable bonds is 8. The van der Waals surface area contributed by atoms with Gasteiger partial charge < -0.3 is 10.6 Å². The summed E-state index contributed by atoms with van der Waals surface area (Å²) >= 11 is 1.30. The fourth-order valence-corrected chi connectivity index (χ4v) is 3.44. The predicted molar refractivity (Wildman–Crippen MR) is 117 cm³/mol. The minimum atomic E-state index is -0.515. The molecule has 1 heterocycles. The van der Waals surface area contributed by atoms with Gasteiger partial charge in [-0.1, -0.05) is 0 Å². The maximum Gasteiger partial charge on any atom is 0.269 e. The number of non-ortho nitro benzene ring substituents is 1. The number of aromatic nitrogens is 3. The molecule has 0 aliphatic carbocycles. The Kier molecular flexibility index (Phi) is 6.98. The number of anilines is 2. The maximum absolute atomic E-state index is 12.4. The molecule has 0 aliphatic heterocycles. The summed E-state index contributed by atoms with van der Waals surface area (Å²) in [7, 11) is 0. The van der Waals surface area contributed by atoms with Crippen LogP contribution in [0.5, 0.6) is 0 Å². The number of thioether (sulfide) groups is 1. The van der Waals surface area contributed by atoms with E-state index in [9.17, 15) is 19.7 Å². The molecule has 0 fully saturated rings. The standard InChI is InChI=1S/C20H20N6O4S/c1-13(25-12-21-11-22-25)19(27)23-15-3-5-16(6-4-15)24-20(28)14(2)31-18-9-7-17(8-10-18)26(29)30/h3-14H,1-2H3,(H,23,27)(H,24,28). The molecule has 0 radical (unpaired) electrons. The number of nitro benzene ring substituents is 1. The van der Waals surface area contributed by atoms with E-state index in [4.69, 9.17) is 0 Å². The number of nitrogens with zero attached hydrogens (tertiary/aromatic N) is 4. The van der Waals surface area contributed by atoms with Gasteiger partial charge in [0.15, 0.2) is 0 Å². The van der Waals surface area contributed by atoms with Crippen molar-refractivity contribution in [1.29, 1.82) is 0 Å². The third-order valence-corrected chi connectivity index (χ3v) is 5.47. The van der Waals surface area contributed by atoms with Gasteiger partial charge in [0.05, 0.1) is 10.2 Å². The number of benzene rings is 2. The highest BCUT2D eigenvalue weighted by Gasteiger charge is 2.17. The van der Waals surface area contributed by atoms with E-state index < -0.39 is 16.2 Å². The summed E-state index contributed by atoms with van der Waals surface area (Å²) in [6, 6.07) is 12.3. The van der Waals surface area contributed by atoms with Crippen molar-refractivity contribution in [3.8, 4) is 0 Å². The third-order valence-electron chi connectivity index (χ3n) is 4.36. The minimum Gasteiger partial charge on any atom is -0.325 e. The monoisotopic (exact) mass is 440 g/mol. The molecule has 10 nitrogen and oxygen atoms in total. The number of nitro groups is 1. The third kappa shape index (κ3) is 5.89. The molecule has 0 bridgehead atoms. The quantitative estimate of drug-likeness (QED) is 0.311. The Morgan fingerprint density at radius 1 is 1.00 bits per heavy atom. The van der Waals surface area contributed by atoms with Gasteiger partial charge in [-0.2, -0.15) is 5.10 Å². The van der Waals surface area contributed by atoms with Crippen LogP contribution in [0.3, 0.4) is 0 Å². The lowest BCUT2D eigenvalue weighted by Gasteiger charge is -2.14. The van der Waals surface area contributed by atoms with Crippen molar-refractivity contribution < 1.29 is 14.5 Å². The lowest BCUT2D eigenvalue weighted by molar-refractivity contribution is -0.384. The molecule has 2 amide bonds. The van der Waals surface area contributed by atoms with Gasteiger partial charge in [0, 0.05) is 28.4 Å². The van der Waals surface area contributed by atoms with E-state index in [1.165, 1.54) is 41.2 Å². The zero-order valence-corrected chi connectivity index (χ0v) is 17.6. The van der Waals surface area contributed by atoms with Crippen LogP contribution in [0.1, 0.15) is 19.9 Å². The van der Waals surface area contributed by atoms with Crippen LogP contribution in [0.15, 0.2) is 66.1 Å². The van der Waals surface area contributed by atoms with E-state index >= 15 is 0 Å². The highest BCUT2D eigenvalue weighted by Crippen LogP contribution is 2.26. The first-order valence-electron chi connectivity index (χ1n) is 9.30. The minimum absolute atomic E-state index is 0.00400. The molecule has 2 N–H and O–H groups in total. The molecular formula is C20H20N6O4S. The average molecular weight is 440 g/mol. The molecule has 0 spiro atoms. The normalized spacial score (nSPS) is 12.6. The van der Waals surface area contributed by atoms with Crippen molar-refractivity contribution in [2.45, 2.75) is 30.0 Å². The lowest BCUT2D eigenvalue weighted by Crippen LogP contribution is -2.24. The Balaban J connectivity index is 1.53. The van der Waals surface area contributed by atoms with Crippen LogP contribution >= 0.6 is 11.8 Å². The van der Waals surface area contributed by atoms with Crippen LogP contribution < -0.4 is 10.6 Å². The van der Waals surface area contributed by atoms with E-state index in [-0.39, 0.29) is 17.5 Å². The highest BCUT2D eigenvalue weighted by atomic mass is 32.2. The molecule has 160 valence electrons. The second-order valence-electron chi connectivity index (χ2n) is 6.62. The molecule has 3 rings (SSSR count). The topological polar surface area (TPSA) is 132 Å². The summed E-state index contributed by atoms with van der Waals surface area (Å²) in [5.41, 5.74) is 1.18. The molecule has 0 aliphatic rings. The summed E-state index contributed by atoms with van der Waals surface area (Å²) in [5, 5.41) is 19.9. The van der Waals surface area contributed by atoms with Crippen LogP contribution in [-0.2, 0) is 9.59 Å². The van der Waals surface area contributed by atoms with Crippen LogP contribution in [0.25, 0.3) is 0 Å². The Morgan fingerprint density at radius 3 is 2.10 bits per heavy atom. The first-order valence-corrected chi connectivity index (χ1v) is 10.2. The molecule has 2 unspecified atom stereocenters. The zero-order valence-electron chi connectivity index (χ0n) is 16.8. The van der Waals surface area contributed by atoms with Gasteiger partial charge in [0.2, 0.25) is 11.8 Å². The molecule has 11 heteroatoms. The molecule has 0 saturated heterocycles. The van der Waals surface area contributed by atoms with Gasteiger partial charge in [0.25, 0.3) is 5.69 Å². The largest absolute Gasteiger partial charge is 0.325 e. The van der Waals surface area contributed by atoms with E-state index in [1.54, 1.807) is 50.2 Å². The van der Waals surface area contributed by atoms with Crippen LogP contribution in [0.4, 0.5) is 17.1 Å². The average Bonchev–Trinajstić information content (AvgIpc) is 3.29. The fraction of sp³-hybridized carbons (Fsp3) is 0.200. The molecule has 2 aromatic carbocycles. The zero-order chi connectivity index (χ0) is 22.4. The van der Waals surface area contributed by atoms with Crippen molar-refractivity contribution in [3.05, 3.63) is 71.3 Å². The summed E-state index contributed by atoms with van der Waals surface area (Å²) < 4.78 is 1.45. The van der Waals surface area contributed by atoms with Crippen LogP contribution in [0, 0.1) is 10.1 Å². The number of amides is 2. The maximum atomic E-state index is 12.4. The summed E-state index contributed by atoms with van der Waals surface area (Å²) in [6.45, 7) is 3.46. The number of carbonyl (C=O) groups is 2. The SMILES string of the molecule is CC(Sc1ccc([N+](=O)[O-])cc1)C(=O)Nc1ccc(NC(=O)C(C)n2cncn2)cc1.